The third-order valence-electron chi connectivity index (χ3n) is 3.38. The molecule has 6 heteroatoms. The lowest BCUT2D eigenvalue weighted by atomic mass is 10.00. The van der Waals surface area contributed by atoms with Gasteiger partial charge in [-0.2, -0.15) is 4.31 Å². The summed E-state index contributed by atoms with van der Waals surface area (Å²) < 4.78 is 27.2. The molecule has 2 atom stereocenters. The Bertz CT molecular complexity index is 508. The Morgan fingerprint density at radius 3 is 2.72 bits per heavy atom. The van der Waals surface area contributed by atoms with Crippen molar-refractivity contribution >= 4 is 21.4 Å². The van der Waals surface area contributed by atoms with E-state index in [0.29, 0.717) is 10.8 Å². The van der Waals surface area contributed by atoms with Crippen LogP contribution in [0.4, 0.5) is 0 Å². The normalized spacial score (nSPS) is 24.1. The van der Waals surface area contributed by atoms with Gasteiger partial charge in [0.2, 0.25) is 0 Å². The van der Waals surface area contributed by atoms with Crippen molar-refractivity contribution in [2.24, 2.45) is 5.73 Å². The number of nitrogens with zero attached hydrogens (tertiary/aromatic N) is 1. The molecule has 1 aromatic heterocycles. The van der Waals surface area contributed by atoms with Gasteiger partial charge in [0.1, 0.15) is 4.21 Å². The van der Waals surface area contributed by atoms with Crippen molar-refractivity contribution in [1.82, 2.24) is 4.31 Å². The van der Waals surface area contributed by atoms with Crippen molar-refractivity contribution in [3.63, 3.8) is 0 Å². The predicted molar refractivity (Wildman–Crippen MR) is 74.2 cm³/mol. The Kier molecular flexibility index (Phi) is 4.11. The molecule has 0 amide bonds. The number of nitrogens with two attached hydrogens (primary N) is 1. The number of rotatable bonds is 3. The van der Waals surface area contributed by atoms with E-state index in [9.17, 15) is 8.42 Å². The summed E-state index contributed by atoms with van der Waals surface area (Å²) in [6.45, 7) is 4.40. The predicted octanol–water partition coefficient (Wildman–Crippen LogP) is 1.95. The summed E-state index contributed by atoms with van der Waals surface area (Å²) in [5.41, 5.74) is 5.93. The van der Waals surface area contributed by atoms with E-state index in [1.807, 2.05) is 19.9 Å². The summed E-state index contributed by atoms with van der Waals surface area (Å²) in [6, 6.07) is 3.36. The zero-order valence-corrected chi connectivity index (χ0v) is 12.4. The molecule has 1 aliphatic heterocycles. The summed E-state index contributed by atoms with van der Waals surface area (Å²) in [5.74, 6) is 0. The highest BCUT2D eigenvalue weighted by molar-refractivity contribution is 7.91. The monoisotopic (exact) mass is 288 g/mol. The first-order chi connectivity index (χ1) is 8.43. The number of hydrogen-bond donors (Lipinski definition) is 1. The summed E-state index contributed by atoms with van der Waals surface area (Å²) in [7, 11) is -3.36. The molecule has 0 saturated carbocycles. The molecule has 2 rings (SSSR count). The average molecular weight is 288 g/mol. The zero-order valence-electron chi connectivity index (χ0n) is 10.8. The van der Waals surface area contributed by atoms with Crippen LogP contribution < -0.4 is 5.73 Å². The van der Waals surface area contributed by atoms with Gasteiger partial charge in [-0.25, -0.2) is 8.42 Å². The minimum atomic E-state index is -3.36. The average Bonchev–Trinajstić information content (AvgIpc) is 2.76. The first-order valence-electron chi connectivity index (χ1n) is 6.27. The van der Waals surface area contributed by atoms with Crippen molar-refractivity contribution in [3.05, 3.63) is 17.0 Å². The van der Waals surface area contributed by atoms with Crippen LogP contribution in [0.25, 0.3) is 0 Å². The lowest BCUT2D eigenvalue weighted by Gasteiger charge is -2.36. The fourth-order valence-corrected chi connectivity index (χ4v) is 5.61. The van der Waals surface area contributed by atoms with E-state index in [1.54, 1.807) is 10.4 Å². The smallest absolute Gasteiger partial charge is 0.252 e. The molecular weight excluding hydrogens is 268 g/mol. The van der Waals surface area contributed by atoms with Gasteiger partial charge in [-0.3, -0.25) is 0 Å². The van der Waals surface area contributed by atoms with Crippen LogP contribution in [-0.4, -0.2) is 31.4 Å². The van der Waals surface area contributed by atoms with Crippen LogP contribution in [0.2, 0.25) is 0 Å². The topological polar surface area (TPSA) is 63.4 Å². The zero-order chi connectivity index (χ0) is 13.3. The highest BCUT2D eigenvalue weighted by Gasteiger charge is 2.35. The second kappa shape index (κ2) is 5.28. The Balaban J connectivity index is 2.33. The Morgan fingerprint density at radius 2 is 2.17 bits per heavy atom. The quantitative estimate of drug-likeness (QED) is 0.924. The number of thiophene rings is 1. The fourth-order valence-electron chi connectivity index (χ4n) is 2.42. The van der Waals surface area contributed by atoms with Gasteiger partial charge in [0.15, 0.2) is 0 Å². The van der Waals surface area contributed by atoms with Gasteiger partial charge in [0, 0.05) is 23.5 Å². The lowest BCUT2D eigenvalue weighted by Crippen LogP contribution is -2.51. The number of piperidine rings is 1. The first-order valence-corrected chi connectivity index (χ1v) is 8.52. The summed E-state index contributed by atoms with van der Waals surface area (Å²) in [4.78, 5) is 1.02. The lowest BCUT2D eigenvalue weighted by molar-refractivity contribution is 0.227. The second-order valence-corrected chi connectivity index (χ2v) is 8.31. The minimum Gasteiger partial charge on any atom is -0.326 e. The van der Waals surface area contributed by atoms with E-state index in [0.717, 1.165) is 24.1 Å². The molecule has 18 heavy (non-hydrogen) atoms. The molecule has 0 aliphatic carbocycles. The van der Waals surface area contributed by atoms with Gasteiger partial charge >= 0.3 is 0 Å². The summed E-state index contributed by atoms with van der Waals surface area (Å²) in [5, 5.41) is 0. The minimum absolute atomic E-state index is 0.0637. The maximum absolute atomic E-state index is 12.6. The van der Waals surface area contributed by atoms with Gasteiger partial charge in [-0.05, 0) is 38.8 Å². The van der Waals surface area contributed by atoms with E-state index < -0.39 is 10.0 Å². The molecule has 0 aromatic carbocycles. The van der Waals surface area contributed by atoms with E-state index >= 15 is 0 Å². The molecular formula is C12H20N2O2S2. The summed E-state index contributed by atoms with van der Waals surface area (Å²) in [6.07, 6.45) is 2.84. The van der Waals surface area contributed by atoms with Crippen LogP contribution in [0.1, 0.15) is 31.1 Å². The molecule has 1 fully saturated rings. The van der Waals surface area contributed by atoms with E-state index in [4.69, 9.17) is 5.73 Å². The fraction of sp³-hybridized carbons (Fsp3) is 0.667. The molecule has 1 aliphatic rings. The maximum atomic E-state index is 12.6. The third kappa shape index (κ3) is 2.61. The van der Waals surface area contributed by atoms with Gasteiger partial charge < -0.3 is 5.73 Å². The standard InChI is InChI=1S/C12H20N2O2S2/c1-9-6-7-12(17-9)18(15,16)14-8-4-3-5-11(14)10(2)13/h6-7,10-11H,3-5,8,13H2,1-2H3. The summed E-state index contributed by atoms with van der Waals surface area (Å²) >= 11 is 1.33. The Hall–Kier alpha value is -0.430. The van der Waals surface area contributed by atoms with Crippen LogP contribution in [-0.2, 0) is 10.0 Å². The number of sulfonamides is 1. The highest BCUT2D eigenvalue weighted by atomic mass is 32.2. The van der Waals surface area contributed by atoms with E-state index in [2.05, 4.69) is 0 Å². The Labute approximate surface area is 113 Å². The second-order valence-electron chi connectivity index (χ2n) is 4.90. The molecule has 0 radical (unpaired) electrons. The molecule has 4 nitrogen and oxygen atoms in total. The highest BCUT2D eigenvalue weighted by Crippen LogP contribution is 2.30. The molecule has 102 valence electrons. The third-order valence-corrected chi connectivity index (χ3v) is 6.78. The van der Waals surface area contributed by atoms with Crippen molar-refractivity contribution in [1.29, 1.82) is 0 Å². The largest absolute Gasteiger partial charge is 0.326 e. The first kappa shape index (κ1) is 14.0. The van der Waals surface area contributed by atoms with E-state index in [-0.39, 0.29) is 12.1 Å². The molecule has 2 N–H and O–H groups in total. The number of hydrogen-bond acceptors (Lipinski definition) is 4. The molecule has 2 unspecified atom stereocenters. The van der Waals surface area contributed by atoms with Gasteiger partial charge in [-0.1, -0.05) is 6.42 Å². The van der Waals surface area contributed by atoms with Gasteiger partial charge in [0.05, 0.1) is 0 Å². The van der Waals surface area contributed by atoms with Gasteiger partial charge in [-0.15, -0.1) is 11.3 Å². The van der Waals surface area contributed by atoms with Crippen LogP contribution in [0.3, 0.4) is 0 Å². The molecule has 1 saturated heterocycles. The van der Waals surface area contributed by atoms with Crippen molar-refractivity contribution in [3.8, 4) is 0 Å². The van der Waals surface area contributed by atoms with Crippen LogP contribution in [0.15, 0.2) is 16.3 Å². The molecule has 1 aromatic rings. The van der Waals surface area contributed by atoms with Crippen LogP contribution >= 0.6 is 11.3 Å². The molecule has 0 bridgehead atoms. The van der Waals surface area contributed by atoms with Gasteiger partial charge in [0.25, 0.3) is 10.0 Å². The SMILES string of the molecule is Cc1ccc(S(=O)(=O)N2CCCCC2C(C)N)s1. The Morgan fingerprint density at radius 1 is 1.44 bits per heavy atom. The van der Waals surface area contributed by atoms with Crippen molar-refractivity contribution < 1.29 is 8.42 Å². The molecule has 2 heterocycles. The number of aryl methyl sites for hydroxylation is 1. The van der Waals surface area contributed by atoms with Crippen LogP contribution in [0.5, 0.6) is 0 Å². The van der Waals surface area contributed by atoms with Crippen LogP contribution in [0, 0.1) is 6.92 Å². The molecule has 0 spiro atoms. The van der Waals surface area contributed by atoms with Crippen molar-refractivity contribution in [2.45, 2.75) is 49.4 Å². The van der Waals surface area contributed by atoms with E-state index in [1.165, 1.54) is 11.3 Å². The maximum Gasteiger partial charge on any atom is 0.252 e. The van der Waals surface area contributed by atoms with Crippen molar-refractivity contribution in [2.75, 3.05) is 6.54 Å².